The van der Waals surface area contributed by atoms with Gasteiger partial charge in [-0.05, 0) is 39.5 Å². The molecule has 0 fully saturated rings. The minimum atomic E-state index is 0.624. The molecule has 0 bridgehead atoms. The maximum absolute atomic E-state index is 6.08. The second-order valence-electron chi connectivity index (χ2n) is 4.37. The van der Waals surface area contributed by atoms with Crippen LogP contribution in [0.5, 0.6) is 11.5 Å². The molecular formula is C14H18BrN3O2. The summed E-state index contributed by atoms with van der Waals surface area (Å²) in [5, 5.41) is 4.20. The van der Waals surface area contributed by atoms with Crippen LogP contribution in [0.1, 0.15) is 12.5 Å². The summed E-state index contributed by atoms with van der Waals surface area (Å²) >= 11 is 3.60. The van der Waals surface area contributed by atoms with Crippen LogP contribution in [0, 0.1) is 0 Å². The number of aromatic nitrogens is 2. The average molecular weight is 340 g/mol. The van der Waals surface area contributed by atoms with Crippen LogP contribution in [0.25, 0.3) is 11.1 Å². The topological polar surface area (TPSA) is 62.3 Å². The van der Waals surface area contributed by atoms with E-state index in [2.05, 4.69) is 28.0 Å². The number of anilines is 1. The number of ether oxygens (including phenoxy) is 2. The van der Waals surface area contributed by atoms with Gasteiger partial charge in [0, 0.05) is 12.6 Å². The predicted octanol–water partition coefficient (Wildman–Crippen LogP) is 3.01. The van der Waals surface area contributed by atoms with Gasteiger partial charge in [-0.1, -0.05) is 6.92 Å². The fourth-order valence-corrected chi connectivity index (χ4v) is 3.08. The van der Waals surface area contributed by atoms with Crippen molar-refractivity contribution in [2.24, 2.45) is 7.05 Å². The molecule has 108 valence electrons. The third-order valence-electron chi connectivity index (χ3n) is 3.34. The molecule has 1 aromatic carbocycles. The second kappa shape index (κ2) is 5.75. The maximum atomic E-state index is 6.08. The molecule has 20 heavy (non-hydrogen) atoms. The molecule has 0 aliphatic heterocycles. The van der Waals surface area contributed by atoms with Crippen molar-refractivity contribution in [3.05, 3.63) is 22.3 Å². The Bertz CT molecular complexity index is 638. The number of halogens is 1. The quantitative estimate of drug-likeness (QED) is 0.929. The van der Waals surface area contributed by atoms with Crippen molar-refractivity contribution in [3.63, 3.8) is 0 Å². The Labute approximate surface area is 126 Å². The fourth-order valence-electron chi connectivity index (χ4n) is 2.23. The third-order valence-corrected chi connectivity index (χ3v) is 4.18. The summed E-state index contributed by atoms with van der Waals surface area (Å²) in [4.78, 5) is 0. The molecule has 0 aliphatic carbocycles. The molecule has 2 aromatic rings. The van der Waals surface area contributed by atoms with E-state index in [-0.39, 0.29) is 0 Å². The number of methoxy groups -OCH3 is 2. The summed E-state index contributed by atoms with van der Waals surface area (Å²) in [7, 11) is 5.06. The summed E-state index contributed by atoms with van der Waals surface area (Å²) < 4.78 is 13.4. The first-order chi connectivity index (χ1) is 9.54. The van der Waals surface area contributed by atoms with E-state index in [1.807, 2.05) is 13.1 Å². The molecule has 5 nitrogen and oxygen atoms in total. The van der Waals surface area contributed by atoms with Gasteiger partial charge in [0.25, 0.3) is 0 Å². The van der Waals surface area contributed by atoms with Gasteiger partial charge >= 0.3 is 0 Å². The van der Waals surface area contributed by atoms with E-state index in [9.17, 15) is 0 Å². The summed E-state index contributed by atoms with van der Waals surface area (Å²) in [6.07, 6.45) is 2.60. The summed E-state index contributed by atoms with van der Waals surface area (Å²) in [5.41, 5.74) is 9.09. The van der Waals surface area contributed by atoms with E-state index in [1.165, 1.54) is 0 Å². The number of nitrogens with zero attached hydrogens (tertiary/aromatic N) is 2. The Kier molecular flexibility index (Phi) is 4.23. The lowest BCUT2D eigenvalue weighted by molar-refractivity contribution is 0.353. The molecule has 0 aliphatic rings. The van der Waals surface area contributed by atoms with Gasteiger partial charge in [0.2, 0.25) is 0 Å². The van der Waals surface area contributed by atoms with Crippen molar-refractivity contribution in [2.75, 3.05) is 20.0 Å². The molecule has 2 rings (SSSR count). The van der Waals surface area contributed by atoms with Gasteiger partial charge in [-0.2, -0.15) is 5.10 Å². The number of benzene rings is 1. The summed E-state index contributed by atoms with van der Waals surface area (Å²) in [5.74, 6) is 1.98. The molecule has 0 saturated carbocycles. The highest BCUT2D eigenvalue weighted by atomic mass is 79.9. The van der Waals surface area contributed by atoms with E-state index in [0.717, 1.165) is 27.6 Å². The van der Waals surface area contributed by atoms with E-state index in [1.54, 1.807) is 25.1 Å². The number of aryl methyl sites for hydroxylation is 1. The van der Waals surface area contributed by atoms with Gasteiger partial charge in [-0.3, -0.25) is 4.68 Å². The lowest BCUT2D eigenvalue weighted by Gasteiger charge is -2.16. The molecular weight excluding hydrogens is 322 g/mol. The predicted molar refractivity (Wildman–Crippen MR) is 83.2 cm³/mol. The van der Waals surface area contributed by atoms with Gasteiger partial charge in [0.1, 0.15) is 5.82 Å². The van der Waals surface area contributed by atoms with Crippen molar-refractivity contribution in [1.29, 1.82) is 0 Å². The molecule has 0 radical (unpaired) electrons. The normalized spacial score (nSPS) is 10.7. The maximum Gasteiger partial charge on any atom is 0.175 e. The van der Waals surface area contributed by atoms with Crippen molar-refractivity contribution in [1.82, 2.24) is 9.78 Å². The van der Waals surface area contributed by atoms with Gasteiger partial charge in [0.15, 0.2) is 11.5 Å². The van der Waals surface area contributed by atoms with Crippen molar-refractivity contribution < 1.29 is 9.47 Å². The van der Waals surface area contributed by atoms with Gasteiger partial charge in [0.05, 0.1) is 24.9 Å². The molecule has 0 unspecified atom stereocenters. The number of rotatable bonds is 4. The lowest BCUT2D eigenvalue weighted by Crippen LogP contribution is -2.01. The standard InChI is InChI=1S/C14H18BrN3O2/c1-5-8-9(10-7-17-18(2)14(10)16)6-11(19-3)13(20-4)12(8)15/h6-7H,5,16H2,1-4H3. The molecule has 0 saturated heterocycles. The Hall–Kier alpha value is -1.69. The zero-order valence-corrected chi connectivity index (χ0v) is 13.6. The highest BCUT2D eigenvalue weighted by molar-refractivity contribution is 9.10. The Balaban J connectivity index is 2.75. The zero-order valence-electron chi connectivity index (χ0n) is 12.0. The molecule has 2 N–H and O–H groups in total. The van der Waals surface area contributed by atoms with Crippen LogP contribution in [0.2, 0.25) is 0 Å². The lowest BCUT2D eigenvalue weighted by atomic mass is 9.99. The minimum Gasteiger partial charge on any atom is -0.493 e. The van der Waals surface area contributed by atoms with Crippen LogP contribution in [0.3, 0.4) is 0 Å². The number of hydrogen-bond acceptors (Lipinski definition) is 4. The average Bonchev–Trinajstić information content (AvgIpc) is 2.77. The fraction of sp³-hybridized carbons (Fsp3) is 0.357. The van der Waals surface area contributed by atoms with Crippen LogP contribution in [0.15, 0.2) is 16.7 Å². The molecule has 0 atom stereocenters. The highest BCUT2D eigenvalue weighted by Gasteiger charge is 2.20. The van der Waals surface area contributed by atoms with Crippen LogP contribution in [-0.2, 0) is 13.5 Å². The minimum absolute atomic E-state index is 0.624. The van der Waals surface area contributed by atoms with Crippen LogP contribution >= 0.6 is 15.9 Å². The third kappa shape index (κ3) is 2.24. The van der Waals surface area contributed by atoms with E-state index < -0.39 is 0 Å². The molecule has 6 heteroatoms. The monoisotopic (exact) mass is 339 g/mol. The number of hydrogen-bond donors (Lipinski definition) is 1. The SMILES string of the molecule is CCc1c(-c2cnn(C)c2N)cc(OC)c(OC)c1Br. The van der Waals surface area contributed by atoms with Gasteiger partial charge in [-0.25, -0.2) is 0 Å². The van der Waals surface area contributed by atoms with E-state index in [0.29, 0.717) is 17.3 Å². The van der Waals surface area contributed by atoms with Crippen LogP contribution in [-0.4, -0.2) is 24.0 Å². The first kappa shape index (κ1) is 14.7. The first-order valence-corrected chi connectivity index (χ1v) is 7.05. The Morgan fingerprint density at radius 2 is 2.00 bits per heavy atom. The molecule has 1 heterocycles. The molecule has 0 spiro atoms. The van der Waals surface area contributed by atoms with Gasteiger partial charge < -0.3 is 15.2 Å². The van der Waals surface area contributed by atoms with Crippen molar-refractivity contribution in [3.8, 4) is 22.6 Å². The summed E-state index contributed by atoms with van der Waals surface area (Å²) in [6, 6.07) is 1.94. The molecule has 1 aromatic heterocycles. The van der Waals surface area contributed by atoms with E-state index in [4.69, 9.17) is 15.2 Å². The highest BCUT2D eigenvalue weighted by Crippen LogP contribution is 2.44. The van der Waals surface area contributed by atoms with E-state index >= 15 is 0 Å². The first-order valence-electron chi connectivity index (χ1n) is 6.26. The Morgan fingerprint density at radius 1 is 1.30 bits per heavy atom. The Morgan fingerprint density at radius 3 is 2.45 bits per heavy atom. The second-order valence-corrected chi connectivity index (χ2v) is 5.17. The smallest absolute Gasteiger partial charge is 0.175 e. The van der Waals surface area contributed by atoms with Crippen molar-refractivity contribution >= 4 is 21.7 Å². The van der Waals surface area contributed by atoms with Gasteiger partial charge in [-0.15, -0.1) is 0 Å². The van der Waals surface area contributed by atoms with Crippen LogP contribution < -0.4 is 15.2 Å². The van der Waals surface area contributed by atoms with Crippen LogP contribution in [0.4, 0.5) is 5.82 Å². The number of nitrogens with two attached hydrogens (primary N) is 1. The summed E-state index contributed by atoms with van der Waals surface area (Å²) in [6.45, 7) is 2.09. The largest absolute Gasteiger partial charge is 0.493 e. The number of nitrogen functional groups attached to an aromatic ring is 1. The zero-order chi connectivity index (χ0) is 14.9. The molecule has 0 amide bonds. The van der Waals surface area contributed by atoms with Crippen molar-refractivity contribution in [2.45, 2.75) is 13.3 Å².